The Kier molecular flexibility index (Phi) is 6.33. The van der Waals surface area contributed by atoms with Crippen LogP contribution in [-0.2, 0) is 4.79 Å². The number of ether oxygens (including phenoxy) is 2. The third kappa shape index (κ3) is 4.27. The highest BCUT2D eigenvalue weighted by Gasteiger charge is 2.15. The van der Waals surface area contributed by atoms with Gasteiger partial charge in [-0.25, -0.2) is 0 Å². The van der Waals surface area contributed by atoms with Crippen molar-refractivity contribution in [1.29, 1.82) is 0 Å². The second-order valence-corrected chi connectivity index (χ2v) is 7.86. The molecular weight excluding hydrogens is 454 g/mol. The van der Waals surface area contributed by atoms with Crippen LogP contribution in [0.4, 0.5) is 5.69 Å². The van der Waals surface area contributed by atoms with Gasteiger partial charge in [0.15, 0.2) is 5.16 Å². The van der Waals surface area contributed by atoms with Crippen LogP contribution in [0.3, 0.4) is 0 Å². The van der Waals surface area contributed by atoms with Crippen molar-refractivity contribution >= 4 is 40.6 Å². The first kappa shape index (κ1) is 21.7. The minimum Gasteiger partial charge on any atom is -0.495 e. The zero-order valence-corrected chi connectivity index (χ0v) is 18.7. The molecule has 2 heterocycles. The molecule has 9 nitrogen and oxygen atoms in total. The van der Waals surface area contributed by atoms with Crippen molar-refractivity contribution in [1.82, 2.24) is 19.2 Å². The molecule has 0 saturated carbocycles. The van der Waals surface area contributed by atoms with Crippen LogP contribution in [0, 0.1) is 0 Å². The predicted octanol–water partition coefficient (Wildman–Crippen LogP) is 3.28. The summed E-state index contributed by atoms with van der Waals surface area (Å²) in [5, 5.41) is 11.7. The average molecular weight is 472 g/mol. The maximum Gasteiger partial charge on any atom is 0.300 e. The quantitative estimate of drug-likeness (QED) is 0.413. The first-order valence-corrected chi connectivity index (χ1v) is 10.7. The Morgan fingerprint density at radius 3 is 2.62 bits per heavy atom. The molecule has 2 aromatic heterocycles. The van der Waals surface area contributed by atoms with Gasteiger partial charge in [-0.05, 0) is 30.3 Å². The lowest BCUT2D eigenvalue weighted by Gasteiger charge is -2.10. The number of carbonyl (C=O) groups excluding carboxylic acids is 1. The van der Waals surface area contributed by atoms with Crippen LogP contribution in [0.1, 0.15) is 0 Å². The Labute approximate surface area is 191 Å². The molecule has 0 atom stereocenters. The van der Waals surface area contributed by atoms with Gasteiger partial charge in [0.2, 0.25) is 11.6 Å². The molecule has 2 aromatic carbocycles. The Balaban J connectivity index is 1.51. The van der Waals surface area contributed by atoms with E-state index in [1.165, 1.54) is 11.7 Å². The van der Waals surface area contributed by atoms with E-state index in [0.717, 1.165) is 11.8 Å². The topological polar surface area (TPSA) is 99.8 Å². The highest BCUT2D eigenvalue weighted by Crippen LogP contribution is 2.27. The van der Waals surface area contributed by atoms with Gasteiger partial charge in [-0.2, -0.15) is 0 Å². The molecule has 0 fully saturated rings. The average Bonchev–Trinajstić information content (AvgIpc) is 3.22. The lowest BCUT2D eigenvalue weighted by molar-refractivity contribution is -0.113. The summed E-state index contributed by atoms with van der Waals surface area (Å²) in [4.78, 5) is 25.3. The smallest absolute Gasteiger partial charge is 0.300 e. The number of methoxy groups -OCH3 is 2. The Morgan fingerprint density at radius 2 is 1.88 bits per heavy atom. The Hall–Kier alpha value is -3.50. The van der Waals surface area contributed by atoms with E-state index >= 15 is 0 Å². The van der Waals surface area contributed by atoms with Gasteiger partial charge in [-0.1, -0.05) is 35.5 Å². The van der Waals surface area contributed by atoms with Gasteiger partial charge in [0.25, 0.3) is 0 Å². The molecule has 4 rings (SSSR count). The third-order valence-corrected chi connectivity index (χ3v) is 5.79. The zero-order valence-electron chi connectivity index (χ0n) is 17.1. The van der Waals surface area contributed by atoms with Crippen molar-refractivity contribution in [2.45, 2.75) is 5.16 Å². The van der Waals surface area contributed by atoms with Crippen molar-refractivity contribution in [2.75, 3.05) is 25.3 Å². The van der Waals surface area contributed by atoms with Crippen LogP contribution >= 0.6 is 23.4 Å². The van der Waals surface area contributed by atoms with E-state index in [-0.39, 0.29) is 22.9 Å². The molecule has 0 aliphatic carbocycles. The number of anilines is 1. The van der Waals surface area contributed by atoms with Crippen molar-refractivity contribution in [3.63, 3.8) is 0 Å². The summed E-state index contributed by atoms with van der Waals surface area (Å²) < 4.78 is 13.4. The minimum absolute atomic E-state index is 0.0695. The number of carbonyl (C=O) groups is 1. The predicted molar refractivity (Wildman–Crippen MR) is 122 cm³/mol. The third-order valence-electron chi connectivity index (χ3n) is 4.55. The van der Waals surface area contributed by atoms with Crippen LogP contribution in [-0.4, -0.2) is 45.0 Å². The number of amides is 1. The molecule has 1 N–H and O–H groups in total. The minimum atomic E-state index is -0.353. The number of hydrogen-bond acceptors (Lipinski definition) is 7. The fraction of sp³-hybridized carbons (Fsp3) is 0.143. The highest BCUT2D eigenvalue weighted by atomic mass is 35.5. The van der Waals surface area contributed by atoms with E-state index in [0.29, 0.717) is 33.1 Å². The molecule has 11 heteroatoms. The number of nitrogens with one attached hydrogen (secondary N) is 1. The van der Waals surface area contributed by atoms with Gasteiger partial charge in [0.05, 0.1) is 30.7 Å². The molecule has 0 bridgehead atoms. The summed E-state index contributed by atoms with van der Waals surface area (Å²) in [6.45, 7) is 0. The van der Waals surface area contributed by atoms with Crippen molar-refractivity contribution in [2.24, 2.45) is 0 Å². The number of halogens is 1. The number of benzene rings is 2. The molecule has 32 heavy (non-hydrogen) atoms. The van der Waals surface area contributed by atoms with Gasteiger partial charge in [-0.15, -0.1) is 10.2 Å². The van der Waals surface area contributed by atoms with E-state index in [1.54, 1.807) is 54.2 Å². The lowest BCUT2D eigenvalue weighted by Crippen LogP contribution is -2.20. The number of para-hydroxylation sites is 2. The summed E-state index contributed by atoms with van der Waals surface area (Å²) in [7, 11) is 3.06. The van der Waals surface area contributed by atoms with Gasteiger partial charge >= 0.3 is 5.56 Å². The number of nitrogens with zero attached hydrogens (tertiary/aromatic N) is 4. The summed E-state index contributed by atoms with van der Waals surface area (Å²) >= 11 is 7.25. The molecule has 164 valence electrons. The van der Waals surface area contributed by atoms with Crippen LogP contribution < -0.4 is 20.3 Å². The van der Waals surface area contributed by atoms with Gasteiger partial charge in [-0.3, -0.25) is 18.6 Å². The van der Waals surface area contributed by atoms with Gasteiger partial charge < -0.3 is 14.8 Å². The monoisotopic (exact) mass is 471 g/mol. The molecule has 0 unspecified atom stereocenters. The standard InChI is InChI=1S/C21H18ClN5O4S/c1-30-16-8-7-13(11-14(16)22)23-18(28)12-32-21-25-24-19-20(29)26(9-10-27(19)21)15-5-3-4-6-17(15)31-2/h3-11H,12H2,1-2H3,(H,23,28). The molecule has 4 aromatic rings. The van der Waals surface area contributed by atoms with Gasteiger partial charge in [0.1, 0.15) is 11.5 Å². The lowest BCUT2D eigenvalue weighted by atomic mass is 10.3. The molecule has 0 spiro atoms. The normalized spacial score (nSPS) is 10.8. The van der Waals surface area contributed by atoms with Crippen LogP contribution in [0.15, 0.2) is 64.8 Å². The second-order valence-electron chi connectivity index (χ2n) is 6.51. The van der Waals surface area contributed by atoms with Crippen molar-refractivity contribution in [3.8, 4) is 17.2 Å². The molecule has 0 aliphatic rings. The van der Waals surface area contributed by atoms with Crippen LogP contribution in [0.5, 0.6) is 11.5 Å². The molecule has 0 aliphatic heterocycles. The number of hydrogen-bond donors (Lipinski definition) is 1. The summed E-state index contributed by atoms with van der Waals surface area (Å²) in [6.07, 6.45) is 3.28. The SMILES string of the molecule is COc1ccc(NC(=O)CSc2nnc3c(=O)n(-c4ccccc4OC)ccn23)cc1Cl. The molecular formula is C21H18ClN5O4S. The Morgan fingerprint density at radius 1 is 1.09 bits per heavy atom. The molecule has 0 radical (unpaired) electrons. The van der Waals surface area contributed by atoms with E-state index in [2.05, 4.69) is 15.5 Å². The summed E-state index contributed by atoms with van der Waals surface area (Å²) in [5.41, 5.74) is 0.932. The fourth-order valence-corrected chi connectivity index (χ4v) is 4.03. The summed E-state index contributed by atoms with van der Waals surface area (Å²) in [5.74, 6) is 0.895. The van der Waals surface area contributed by atoms with Crippen molar-refractivity contribution in [3.05, 3.63) is 70.2 Å². The van der Waals surface area contributed by atoms with E-state index in [1.807, 2.05) is 12.1 Å². The number of thioether (sulfide) groups is 1. The van der Waals surface area contributed by atoms with E-state index < -0.39 is 0 Å². The maximum atomic E-state index is 12.9. The van der Waals surface area contributed by atoms with Gasteiger partial charge in [0, 0.05) is 18.1 Å². The first-order chi connectivity index (χ1) is 15.5. The van der Waals surface area contributed by atoms with E-state index in [9.17, 15) is 9.59 Å². The van der Waals surface area contributed by atoms with Crippen LogP contribution in [0.2, 0.25) is 5.02 Å². The van der Waals surface area contributed by atoms with E-state index in [4.69, 9.17) is 21.1 Å². The first-order valence-electron chi connectivity index (χ1n) is 9.38. The largest absolute Gasteiger partial charge is 0.495 e. The van der Waals surface area contributed by atoms with Crippen LogP contribution in [0.25, 0.3) is 11.3 Å². The molecule has 1 amide bonds. The summed E-state index contributed by atoms with van der Waals surface area (Å²) in [6, 6.07) is 12.2. The molecule has 0 saturated heterocycles. The highest BCUT2D eigenvalue weighted by molar-refractivity contribution is 7.99. The second kappa shape index (κ2) is 9.33. The van der Waals surface area contributed by atoms with Crippen molar-refractivity contribution < 1.29 is 14.3 Å². The zero-order chi connectivity index (χ0) is 22.7. The number of fused-ring (bicyclic) bond motifs is 1. The fourth-order valence-electron chi connectivity index (χ4n) is 3.05. The number of rotatable bonds is 7. The number of aromatic nitrogens is 4. The Bertz CT molecular complexity index is 1350. The maximum absolute atomic E-state index is 12.9.